The van der Waals surface area contributed by atoms with E-state index in [1.54, 1.807) is 30.0 Å². The first kappa shape index (κ1) is 24.1. The van der Waals surface area contributed by atoms with Gasteiger partial charge in [-0.15, -0.1) is 0 Å². The lowest BCUT2D eigenvalue weighted by atomic mass is 10.1. The fourth-order valence-corrected chi connectivity index (χ4v) is 5.69. The van der Waals surface area contributed by atoms with E-state index < -0.39 is 10.0 Å². The number of nitrogens with zero attached hydrogens (tertiary/aromatic N) is 2. The number of hydrogen-bond acceptors (Lipinski definition) is 4. The Bertz CT molecular complexity index is 1330. The average molecular weight is 498 g/mol. The Morgan fingerprint density at radius 3 is 2.29 bits per heavy atom. The van der Waals surface area contributed by atoms with Crippen LogP contribution in [0.1, 0.15) is 27.0 Å². The molecule has 1 amide bonds. The number of sulfonamides is 1. The summed E-state index contributed by atoms with van der Waals surface area (Å²) in [5.41, 5.74) is 4.38. The van der Waals surface area contributed by atoms with Gasteiger partial charge in [-0.05, 0) is 73.9 Å². The summed E-state index contributed by atoms with van der Waals surface area (Å²) in [5.74, 6) is -0.172. The number of carbonyl (C=O) groups excluding carboxylic acids is 1. The largest absolute Gasteiger partial charge is 0.368 e. The predicted molar refractivity (Wildman–Crippen MR) is 137 cm³/mol. The Kier molecular flexibility index (Phi) is 6.86. The van der Waals surface area contributed by atoms with Crippen LogP contribution in [0.5, 0.6) is 0 Å². The minimum atomic E-state index is -3.86. The van der Waals surface area contributed by atoms with Crippen LogP contribution in [0.15, 0.2) is 65.6 Å². The molecule has 0 bridgehead atoms. The molecule has 0 saturated carbocycles. The SMILES string of the molecule is Cc1ccc(C(=O)N2CCN(c3cccc(Cl)c3)CC2)cc1S(=O)(=O)Nc1cccc(C)c1C. The van der Waals surface area contributed by atoms with Crippen molar-refractivity contribution in [2.75, 3.05) is 35.8 Å². The van der Waals surface area contributed by atoms with Crippen LogP contribution in [0, 0.1) is 20.8 Å². The van der Waals surface area contributed by atoms with Crippen molar-refractivity contribution < 1.29 is 13.2 Å². The Hall–Kier alpha value is -3.03. The van der Waals surface area contributed by atoms with Gasteiger partial charge in [-0.2, -0.15) is 0 Å². The molecule has 1 N–H and O–H groups in total. The van der Waals surface area contributed by atoms with Gasteiger partial charge in [0, 0.05) is 42.5 Å². The van der Waals surface area contributed by atoms with Crippen molar-refractivity contribution in [1.82, 2.24) is 4.90 Å². The summed E-state index contributed by atoms with van der Waals surface area (Å²) in [7, 11) is -3.86. The van der Waals surface area contributed by atoms with Gasteiger partial charge in [0.05, 0.1) is 10.6 Å². The molecule has 3 aromatic rings. The second-order valence-electron chi connectivity index (χ2n) is 8.59. The highest BCUT2D eigenvalue weighted by molar-refractivity contribution is 7.92. The lowest BCUT2D eigenvalue weighted by Crippen LogP contribution is -2.48. The monoisotopic (exact) mass is 497 g/mol. The van der Waals surface area contributed by atoms with Crippen LogP contribution in [0.4, 0.5) is 11.4 Å². The first-order valence-corrected chi connectivity index (χ1v) is 13.0. The fraction of sp³-hybridized carbons (Fsp3) is 0.269. The van der Waals surface area contributed by atoms with E-state index in [2.05, 4.69) is 9.62 Å². The van der Waals surface area contributed by atoms with Crippen molar-refractivity contribution in [2.24, 2.45) is 0 Å². The maximum atomic E-state index is 13.2. The van der Waals surface area contributed by atoms with E-state index in [9.17, 15) is 13.2 Å². The molecule has 8 heteroatoms. The summed E-state index contributed by atoms with van der Waals surface area (Å²) in [6, 6.07) is 18.0. The van der Waals surface area contributed by atoms with Crippen LogP contribution < -0.4 is 9.62 Å². The molecule has 1 fully saturated rings. The number of anilines is 2. The maximum absolute atomic E-state index is 13.2. The smallest absolute Gasteiger partial charge is 0.262 e. The van der Waals surface area contributed by atoms with Gasteiger partial charge in [0.25, 0.3) is 15.9 Å². The van der Waals surface area contributed by atoms with Gasteiger partial charge >= 0.3 is 0 Å². The quantitative estimate of drug-likeness (QED) is 0.537. The number of halogens is 1. The lowest BCUT2D eigenvalue weighted by molar-refractivity contribution is 0.0746. The van der Waals surface area contributed by atoms with E-state index in [0.29, 0.717) is 48.0 Å². The Labute approximate surface area is 206 Å². The number of carbonyl (C=O) groups is 1. The highest BCUT2D eigenvalue weighted by Crippen LogP contribution is 2.26. The fourth-order valence-electron chi connectivity index (χ4n) is 4.11. The third kappa shape index (κ3) is 5.05. The molecule has 0 spiro atoms. The second kappa shape index (κ2) is 9.68. The molecule has 34 heavy (non-hydrogen) atoms. The van der Waals surface area contributed by atoms with E-state index in [-0.39, 0.29) is 10.8 Å². The van der Waals surface area contributed by atoms with Crippen LogP contribution in [0.2, 0.25) is 5.02 Å². The minimum absolute atomic E-state index is 0.108. The molecule has 0 radical (unpaired) electrons. The van der Waals surface area contributed by atoms with Crippen molar-refractivity contribution in [2.45, 2.75) is 25.7 Å². The van der Waals surface area contributed by atoms with Crippen LogP contribution in [0.25, 0.3) is 0 Å². The molecule has 178 valence electrons. The minimum Gasteiger partial charge on any atom is -0.368 e. The average Bonchev–Trinajstić information content (AvgIpc) is 2.82. The van der Waals surface area contributed by atoms with Crippen molar-refractivity contribution >= 4 is 38.9 Å². The third-order valence-electron chi connectivity index (χ3n) is 6.31. The van der Waals surface area contributed by atoms with Gasteiger partial charge < -0.3 is 9.80 Å². The molecule has 1 aliphatic rings. The highest BCUT2D eigenvalue weighted by atomic mass is 35.5. The van der Waals surface area contributed by atoms with Crippen molar-refractivity contribution in [3.63, 3.8) is 0 Å². The Balaban J connectivity index is 1.51. The first-order chi connectivity index (χ1) is 16.2. The number of piperazine rings is 1. The standard InChI is InChI=1S/C26H28ClN3O3S/c1-18-6-4-9-24(20(18)3)28-34(32,33)25-16-21(11-10-19(25)2)26(31)30-14-12-29(13-15-30)23-8-5-7-22(27)17-23/h4-11,16-17,28H,12-15H2,1-3H3. The Morgan fingerprint density at radius 1 is 0.882 bits per heavy atom. The van der Waals surface area contributed by atoms with Crippen LogP contribution in [-0.4, -0.2) is 45.4 Å². The van der Waals surface area contributed by atoms with Gasteiger partial charge in [-0.3, -0.25) is 9.52 Å². The normalized spacial score (nSPS) is 14.2. The molecule has 0 atom stereocenters. The van der Waals surface area contributed by atoms with E-state index in [1.165, 1.54) is 6.07 Å². The number of nitrogens with one attached hydrogen (secondary N) is 1. The summed E-state index contributed by atoms with van der Waals surface area (Å²) in [6.45, 7) is 7.99. The summed E-state index contributed by atoms with van der Waals surface area (Å²) >= 11 is 6.11. The number of benzene rings is 3. The molecular formula is C26H28ClN3O3S. The van der Waals surface area contributed by atoms with E-state index in [4.69, 9.17) is 11.6 Å². The zero-order valence-electron chi connectivity index (χ0n) is 19.5. The van der Waals surface area contributed by atoms with E-state index in [1.807, 2.05) is 50.2 Å². The summed E-state index contributed by atoms with van der Waals surface area (Å²) < 4.78 is 29.1. The number of hydrogen-bond donors (Lipinski definition) is 1. The number of amides is 1. The van der Waals surface area contributed by atoms with Gasteiger partial charge in [-0.1, -0.05) is 35.9 Å². The molecule has 3 aromatic carbocycles. The molecule has 1 heterocycles. The van der Waals surface area contributed by atoms with Crippen LogP contribution in [-0.2, 0) is 10.0 Å². The summed E-state index contributed by atoms with van der Waals surface area (Å²) in [5, 5.41) is 0.680. The lowest BCUT2D eigenvalue weighted by Gasteiger charge is -2.36. The molecule has 0 aliphatic carbocycles. The van der Waals surface area contributed by atoms with Crippen LogP contribution in [0.3, 0.4) is 0 Å². The first-order valence-electron chi connectivity index (χ1n) is 11.2. The second-order valence-corrected chi connectivity index (χ2v) is 10.7. The topological polar surface area (TPSA) is 69.7 Å². The maximum Gasteiger partial charge on any atom is 0.262 e. The summed E-state index contributed by atoms with van der Waals surface area (Å²) in [6.07, 6.45) is 0. The molecule has 1 saturated heterocycles. The van der Waals surface area contributed by atoms with Crippen molar-refractivity contribution in [1.29, 1.82) is 0 Å². The molecule has 6 nitrogen and oxygen atoms in total. The molecular weight excluding hydrogens is 470 g/mol. The van der Waals surface area contributed by atoms with Gasteiger partial charge in [-0.25, -0.2) is 8.42 Å². The molecule has 4 rings (SSSR count). The number of aryl methyl sites for hydroxylation is 2. The van der Waals surface area contributed by atoms with Crippen LogP contribution >= 0.6 is 11.6 Å². The van der Waals surface area contributed by atoms with Gasteiger partial charge in [0.2, 0.25) is 0 Å². The molecule has 0 unspecified atom stereocenters. The Morgan fingerprint density at radius 2 is 1.59 bits per heavy atom. The molecule has 0 aromatic heterocycles. The summed E-state index contributed by atoms with van der Waals surface area (Å²) in [4.78, 5) is 17.3. The van der Waals surface area contributed by atoms with Crippen molar-refractivity contribution in [3.8, 4) is 0 Å². The highest BCUT2D eigenvalue weighted by Gasteiger charge is 2.25. The van der Waals surface area contributed by atoms with Crippen molar-refractivity contribution in [3.05, 3.63) is 87.9 Å². The van der Waals surface area contributed by atoms with Gasteiger partial charge in [0.15, 0.2) is 0 Å². The van der Waals surface area contributed by atoms with E-state index in [0.717, 1.165) is 16.8 Å². The van der Waals surface area contributed by atoms with Gasteiger partial charge in [0.1, 0.15) is 0 Å². The predicted octanol–water partition coefficient (Wildman–Crippen LogP) is 5.03. The zero-order valence-corrected chi connectivity index (χ0v) is 21.1. The molecule has 1 aliphatic heterocycles. The zero-order chi connectivity index (χ0) is 24.5. The number of rotatable bonds is 5. The van der Waals surface area contributed by atoms with E-state index >= 15 is 0 Å². The third-order valence-corrected chi connectivity index (χ3v) is 8.06.